The first-order valence-corrected chi connectivity index (χ1v) is 7.68. The Morgan fingerprint density at radius 2 is 2.06 bits per heavy atom. The molecule has 1 aliphatic rings. The quantitative estimate of drug-likeness (QED) is 0.752. The highest BCUT2D eigenvalue weighted by Crippen LogP contribution is 2.15. The summed E-state index contributed by atoms with van der Waals surface area (Å²) in [5.74, 6) is 0. The highest BCUT2D eigenvalue weighted by atomic mass is 15.2. The molecule has 0 spiro atoms. The van der Waals surface area contributed by atoms with Crippen LogP contribution in [0, 0.1) is 0 Å². The Bertz CT molecular complexity index is 218. The Kier molecular flexibility index (Phi) is 7.20. The molecule has 1 fully saturated rings. The van der Waals surface area contributed by atoms with Crippen LogP contribution >= 0.6 is 0 Å². The van der Waals surface area contributed by atoms with Crippen molar-refractivity contribution in [2.75, 3.05) is 33.7 Å². The lowest BCUT2D eigenvalue weighted by Crippen LogP contribution is -2.51. The van der Waals surface area contributed by atoms with Crippen molar-refractivity contribution in [1.29, 1.82) is 0 Å². The zero-order valence-corrected chi connectivity index (χ0v) is 13.1. The lowest BCUT2D eigenvalue weighted by Gasteiger charge is -2.39. The van der Waals surface area contributed by atoms with E-state index in [1.165, 1.54) is 38.8 Å². The Hall–Kier alpha value is -0.120. The van der Waals surface area contributed by atoms with E-state index >= 15 is 0 Å². The van der Waals surface area contributed by atoms with Crippen LogP contribution in [0.25, 0.3) is 0 Å². The Labute approximate surface area is 114 Å². The van der Waals surface area contributed by atoms with Crippen molar-refractivity contribution in [2.45, 2.75) is 64.6 Å². The van der Waals surface area contributed by atoms with Crippen LogP contribution in [0.5, 0.6) is 0 Å². The monoisotopic (exact) mass is 255 g/mol. The van der Waals surface area contributed by atoms with Crippen LogP contribution in [-0.2, 0) is 0 Å². The minimum absolute atomic E-state index is 0.659. The SMILES string of the molecule is CCCC(C)NCC(C)N1CCCC(N(C)C)C1. The summed E-state index contributed by atoms with van der Waals surface area (Å²) >= 11 is 0. The maximum atomic E-state index is 3.67. The van der Waals surface area contributed by atoms with Gasteiger partial charge >= 0.3 is 0 Å². The number of nitrogens with zero attached hydrogens (tertiary/aromatic N) is 2. The molecule has 108 valence electrons. The van der Waals surface area contributed by atoms with Gasteiger partial charge in [-0.15, -0.1) is 0 Å². The summed E-state index contributed by atoms with van der Waals surface area (Å²) in [7, 11) is 4.42. The van der Waals surface area contributed by atoms with E-state index in [2.05, 4.69) is 50.0 Å². The Balaban J connectivity index is 2.30. The molecule has 1 N–H and O–H groups in total. The van der Waals surface area contributed by atoms with Gasteiger partial charge in [0.2, 0.25) is 0 Å². The lowest BCUT2D eigenvalue weighted by atomic mass is 10.0. The zero-order valence-electron chi connectivity index (χ0n) is 13.1. The van der Waals surface area contributed by atoms with Crippen LogP contribution in [-0.4, -0.2) is 61.7 Å². The van der Waals surface area contributed by atoms with Crippen LogP contribution in [0.4, 0.5) is 0 Å². The predicted molar refractivity (Wildman–Crippen MR) is 80.1 cm³/mol. The van der Waals surface area contributed by atoms with Gasteiger partial charge < -0.3 is 10.2 Å². The first kappa shape index (κ1) is 15.9. The number of piperidine rings is 1. The standard InChI is InChI=1S/C15H33N3/c1-6-8-13(2)16-11-14(3)18-10-7-9-15(12-18)17(4)5/h13-16H,6-12H2,1-5H3. The Morgan fingerprint density at radius 1 is 1.33 bits per heavy atom. The molecule has 1 aliphatic heterocycles. The van der Waals surface area contributed by atoms with E-state index in [1.807, 2.05) is 0 Å². The van der Waals surface area contributed by atoms with Crippen LogP contribution in [0.3, 0.4) is 0 Å². The minimum atomic E-state index is 0.659. The molecule has 3 nitrogen and oxygen atoms in total. The number of likely N-dealkylation sites (N-methyl/N-ethyl adjacent to an activating group) is 1. The van der Waals surface area contributed by atoms with Crippen molar-refractivity contribution in [2.24, 2.45) is 0 Å². The highest BCUT2D eigenvalue weighted by molar-refractivity contribution is 4.82. The van der Waals surface area contributed by atoms with Gasteiger partial charge in [0.05, 0.1) is 0 Å². The minimum Gasteiger partial charge on any atom is -0.313 e. The number of likely N-dealkylation sites (tertiary alicyclic amines) is 1. The second-order valence-electron chi connectivity index (χ2n) is 6.20. The van der Waals surface area contributed by atoms with Crippen molar-refractivity contribution >= 4 is 0 Å². The number of hydrogen-bond donors (Lipinski definition) is 1. The molecule has 3 heteroatoms. The third kappa shape index (κ3) is 5.25. The molecule has 1 heterocycles. The van der Waals surface area contributed by atoms with Crippen molar-refractivity contribution in [3.8, 4) is 0 Å². The molecule has 1 rings (SSSR count). The van der Waals surface area contributed by atoms with Gasteiger partial charge in [-0.1, -0.05) is 13.3 Å². The average Bonchev–Trinajstić information content (AvgIpc) is 2.36. The van der Waals surface area contributed by atoms with Crippen molar-refractivity contribution < 1.29 is 0 Å². The van der Waals surface area contributed by atoms with Crippen molar-refractivity contribution in [3.63, 3.8) is 0 Å². The zero-order chi connectivity index (χ0) is 13.5. The second-order valence-corrected chi connectivity index (χ2v) is 6.20. The number of hydrogen-bond acceptors (Lipinski definition) is 3. The molecule has 0 aliphatic carbocycles. The lowest BCUT2D eigenvalue weighted by molar-refractivity contribution is 0.100. The summed E-state index contributed by atoms with van der Waals surface area (Å²) in [4.78, 5) is 5.03. The van der Waals surface area contributed by atoms with E-state index < -0.39 is 0 Å². The van der Waals surface area contributed by atoms with Crippen LogP contribution < -0.4 is 5.32 Å². The molecule has 0 aromatic heterocycles. The van der Waals surface area contributed by atoms with Gasteiger partial charge in [0.15, 0.2) is 0 Å². The number of nitrogens with one attached hydrogen (secondary N) is 1. The van der Waals surface area contributed by atoms with E-state index in [0.717, 1.165) is 12.6 Å². The summed E-state index contributed by atoms with van der Waals surface area (Å²) in [5.41, 5.74) is 0. The number of rotatable bonds is 7. The molecule has 0 amide bonds. The molecule has 18 heavy (non-hydrogen) atoms. The van der Waals surface area contributed by atoms with Gasteiger partial charge in [0.25, 0.3) is 0 Å². The summed E-state index contributed by atoms with van der Waals surface area (Å²) in [6, 6.07) is 2.06. The second kappa shape index (κ2) is 8.13. The summed E-state index contributed by atoms with van der Waals surface area (Å²) in [5, 5.41) is 3.67. The third-order valence-corrected chi connectivity index (χ3v) is 4.26. The molecular weight excluding hydrogens is 222 g/mol. The van der Waals surface area contributed by atoms with Gasteiger partial charge in [-0.2, -0.15) is 0 Å². The largest absolute Gasteiger partial charge is 0.313 e. The van der Waals surface area contributed by atoms with Crippen LogP contribution in [0.1, 0.15) is 46.5 Å². The molecule has 0 saturated carbocycles. The normalized spacial score (nSPS) is 25.3. The summed E-state index contributed by atoms with van der Waals surface area (Å²) < 4.78 is 0. The first-order chi connectivity index (χ1) is 8.54. The molecule has 0 aromatic carbocycles. The van der Waals surface area contributed by atoms with Gasteiger partial charge in [-0.25, -0.2) is 0 Å². The maximum absolute atomic E-state index is 3.67. The summed E-state index contributed by atoms with van der Waals surface area (Å²) in [6.07, 6.45) is 5.26. The molecule has 3 unspecified atom stereocenters. The topological polar surface area (TPSA) is 18.5 Å². The summed E-state index contributed by atoms with van der Waals surface area (Å²) in [6.45, 7) is 10.6. The average molecular weight is 255 g/mol. The first-order valence-electron chi connectivity index (χ1n) is 7.68. The highest BCUT2D eigenvalue weighted by Gasteiger charge is 2.24. The van der Waals surface area contributed by atoms with E-state index in [1.54, 1.807) is 0 Å². The molecule has 3 atom stereocenters. The van der Waals surface area contributed by atoms with Crippen molar-refractivity contribution in [3.05, 3.63) is 0 Å². The molecule has 1 saturated heterocycles. The molecule has 0 aromatic rings. The van der Waals surface area contributed by atoms with Gasteiger partial charge in [-0.3, -0.25) is 4.90 Å². The molecule has 0 bridgehead atoms. The third-order valence-electron chi connectivity index (χ3n) is 4.26. The maximum Gasteiger partial charge on any atom is 0.0217 e. The van der Waals surface area contributed by atoms with Gasteiger partial charge in [-0.05, 0) is 53.8 Å². The van der Waals surface area contributed by atoms with E-state index in [0.29, 0.717) is 12.1 Å². The van der Waals surface area contributed by atoms with Crippen LogP contribution in [0.15, 0.2) is 0 Å². The molecular formula is C15H33N3. The fraction of sp³-hybridized carbons (Fsp3) is 1.00. The smallest absolute Gasteiger partial charge is 0.0217 e. The predicted octanol–water partition coefficient (Wildman–Crippen LogP) is 2.18. The molecule has 0 radical (unpaired) electrons. The Morgan fingerprint density at radius 3 is 2.67 bits per heavy atom. The van der Waals surface area contributed by atoms with Crippen LogP contribution in [0.2, 0.25) is 0 Å². The van der Waals surface area contributed by atoms with Gasteiger partial charge in [0, 0.05) is 31.2 Å². The fourth-order valence-corrected chi connectivity index (χ4v) is 2.84. The fourth-order valence-electron chi connectivity index (χ4n) is 2.84. The van der Waals surface area contributed by atoms with Gasteiger partial charge in [0.1, 0.15) is 0 Å². The van der Waals surface area contributed by atoms with E-state index in [-0.39, 0.29) is 0 Å². The van der Waals surface area contributed by atoms with Crippen molar-refractivity contribution in [1.82, 2.24) is 15.1 Å². The van der Waals surface area contributed by atoms with E-state index in [9.17, 15) is 0 Å². The van der Waals surface area contributed by atoms with E-state index in [4.69, 9.17) is 0 Å².